The van der Waals surface area contributed by atoms with Crippen LogP contribution in [0.15, 0.2) is 48.7 Å². The van der Waals surface area contributed by atoms with E-state index in [1.165, 1.54) is 6.07 Å². The molecule has 4 aromatic rings. The number of anilines is 1. The molecule has 11 heteroatoms. The standard InChI is InChI=1S/C36H48N6O5/c1-5-30-28(33(40-27-12-14-47-15-13-27)29-20-39-42(6-2)34(29)41-30)19-37-35(46)25-9-7-8-23(16-25)18-36(3,4)38-21-32(45)24-10-11-31(44)26(17-24)22-43/h7-11,16-17,20,27,32,38,43-45H,5-6,12-15,18-19,21-22H2,1-4H3,(H,37,46)(H,40,41)/t32-/m0/s1. The zero-order chi connectivity index (χ0) is 33.6. The van der Waals surface area contributed by atoms with Gasteiger partial charge in [0.1, 0.15) is 5.75 Å². The van der Waals surface area contributed by atoms with Crippen LogP contribution in [0.5, 0.6) is 5.75 Å². The zero-order valence-corrected chi connectivity index (χ0v) is 27.8. The number of hydrogen-bond donors (Lipinski definition) is 6. The lowest BCUT2D eigenvalue weighted by molar-refractivity contribution is 0.0904. The summed E-state index contributed by atoms with van der Waals surface area (Å²) in [5, 5.41) is 45.9. The zero-order valence-electron chi connectivity index (χ0n) is 27.8. The Morgan fingerprint density at radius 1 is 1.15 bits per heavy atom. The lowest BCUT2D eigenvalue weighted by atomic mass is 9.93. The number of carbonyl (C=O) groups is 1. The average molecular weight is 645 g/mol. The number of nitrogens with one attached hydrogen (secondary N) is 3. The first-order valence-corrected chi connectivity index (χ1v) is 16.6. The van der Waals surface area contributed by atoms with E-state index in [0.717, 1.165) is 72.6 Å². The van der Waals surface area contributed by atoms with Crippen LogP contribution in [-0.4, -0.2) is 67.3 Å². The largest absolute Gasteiger partial charge is 0.508 e. The highest BCUT2D eigenvalue weighted by Crippen LogP contribution is 2.31. The highest BCUT2D eigenvalue weighted by atomic mass is 16.5. The third kappa shape index (κ3) is 8.28. The number of carbonyl (C=O) groups excluding carboxylic acids is 1. The van der Waals surface area contributed by atoms with Gasteiger partial charge in [0.05, 0.1) is 30.0 Å². The summed E-state index contributed by atoms with van der Waals surface area (Å²) in [4.78, 5) is 18.5. The van der Waals surface area contributed by atoms with Gasteiger partial charge in [-0.05, 0) is 81.8 Å². The smallest absolute Gasteiger partial charge is 0.251 e. The summed E-state index contributed by atoms with van der Waals surface area (Å²) in [5.41, 5.74) is 5.91. The molecule has 1 saturated heterocycles. The van der Waals surface area contributed by atoms with E-state index in [1.54, 1.807) is 12.1 Å². The number of aryl methyl sites for hydroxylation is 2. The molecule has 47 heavy (non-hydrogen) atoms. The van der Waals surface area contributed by atoms with Gasteiger partial charge in [0.25, 0.3) is 5.91 Å². The highest BCUT2D eigenvalue weighted by Gasteiger charge is 2.23. The minimum atomic E-state index is -0.818. The molecule has 1 fully saturated rings. The van der Waals surface area contributed by atoms with Gasteiger partial charge in [-0.3, -0.25) is 4.79 Å². The fraction of sp³-hybridized carbons (Fsp3) is 0.472. The van der Waals surface area contributed by atoms with E-state index >= 15 is 0 Å². The molecular weight excluding hydrogens is 596 g/mol. The molecule has 0 unspecified atom stereocenters. The molecule has 0 saturated carbocycles. The van der Waals surface area contributed by atoms with Crippen molar-refractivity contribution in [3.05, 3.63) is 82.2 Å². The maximum atomic E-state index is 13.5. The van der Waals surface area contributed by atoms with Gasteiger partial charge in [-0.2, -0.15) is 5.10 Å². The molecule has 11 nitrogen and oxygen atoms in total. The SMILES string of the molecule is CCc1nc2c(cnn2CC)c(NC2CCOCC2)c1CNC(=O)c1cccc(CC(C)(C)NC[C@H](O)c2ccc(O)c(CO)c2)c1. The first-order chi connectivity index (χ1) is 22.6. The molecule has 1 amide bonds. The summed E-state index contributed by atoms with van der Waals surface area (Å²) >= 11 is 0. The van der Waals surface area contributed by atoms with Crippen LogP contribution in [0, 0.1) is 0 Å². The maximum absolute atomic E-state index is 13.5. The van der Waals surface area contributed by atoms with E-state index in [1.807, 2.05) is 49.0 Å². The normalized spacial score (nSPS) is 14.8. The Labute approximate surface area is 276 Å². The van der Waals surface area contributed by atoms with Crippen molar-refractivity contribution in [3.8, 4) is 5.75 Å². The van der Waals surface area contributed by atoms with Gasteiger partial charge in [0, 0.05) is 66.8 Å². The molecule has 0 bridgehead atoms. The minimum Gasteiger partial charge on any atom is -0.508 e. The molecule has 5 rings (SSSR count). The predicted molar refractivity (Wildman–Crippen MR) is 182 cm³/mol. The van der Waals surface area contributed by atoms with Crippen molar-refractivity contribution in [1.82, 2.24) is 25.4 Å². The predicted octanol–water partition coefficient (Wildman–Crippen LogP) is 4.38. The van der Waals surface area contributed by atoms with Crippen molar-refractivity contribution in [2.24, 2.45) is 0 Å². The third-order valence-electron chi connectivity index (χ3n) is 8.87. The number of aliphatic hydroxyl groups is 2. The van der Waals surface area contributed by atoms with Crippen LogP contribution in [0.3, 0.4) is 0 Å². The van der Waals surface area contributed by atoms with E-state index in [2.05, 4.69) is 34.9 Å². The third-order valence-corrected chi connectivity index (χ3v) is 8.87. The number of aromatic nitrogens is 3. The Morgan fingerprint density at radius 3 is 2.66 bits per heavy atom. The molecule has 1 atom stereocenters. The number of β-amino-alcohol motifs (C(OH)–C–C–N with tert-alkyl or cyclic N) is 1. The first kappa shape index (κ1) is 34.3. The number of rotatable bonds is 14. The number of ether oxygens (including phenoxy) is 1. The second-order valence-corrected chi connectivity index (χ2v) is 12.9. The number of pyridine rings is 1. The molecule has 252 valence electrons. The van der Waals surface area contributed by atoms with Crippen LogP contribution < -0.4 is 16.0 Å². The lowest BCUT2D eigenvalue weighted by Gasteiger charge is -2.28. The Bertz CT molecular complexity index is 1680. The molecule has 3 heterocycles. The summed E-state index contributed by atoms with van der Waals surface area (Å²) < 4.78 is 7.50. The van der Waals surface area contributed by atoms with E-state index in [-0.39, 0.29) is 30.9 Å². The number of nitrogens with zero attached hydrogens (tertiary/aromatic N) is 3. The number of aromatic hydroxyl groups is 1. The van der Waals surface area contributed by atoms with Crippen molar-refractivity contribution in [3.63, 3.8) is 0 Å². The van der Waals surface area contributed by atoms with Gasteiger partial charge in [0.2, 0.25) is 0 Å². The molecular formula is C36H48N6O5. The van der Waals surface area contributed by atoms with Crippen LogP contribution in [0.1, 0.15) is 84.9 Å². The quantitative estimate of drug-likeness (QED) is 0.117. The summed E-state index contributed by atoms with van der Waals surface area (Å²) in [6.07, 6.45) is 4.23. The molecule has 2 aromatic carbocycles. The van der Waals surface area contributed by atoms with E-state index < -0.39 is 11.6 Å². The fourth-order valence-electron chi connectivity index (χ4n) is 6.20. The molecule has 2 aromatic heterocycles. The van der Waals surface area contributed by atoms with Gasteiger partial charge in [0.15, 0.2) is 5.65 Å². The van der Waals surface area contributed by atoms with Gasteiger partial charge in [-0.25, -0.2) is 9.67 Å². The Balaban J connectivity index is 1.27. The fourth-order valence-corrected chi connectivity index (χ4v) is 6.20. The van der Waals surface area contributed by atoms with Crippen molar-refractivity contribution < 1.29 is 24.9 Å². The molecule has 6 N–H and O–H groups in total. The Hall–Kier alpha value is -4.03. The summed E-state index contributed by atoms with van der Waals surface area (Å²) in [7, 11) is 0. The van der Waals surface area contributed by atoms with Crippen molar-refractivity contribution >= 4 is 22.6 Å². The van der Waals surface area contributed by atoms with Gasteiger partial charge in [-0.15, -0.1) is 0 Å². The van der Waals surface area contributed by atoms with Crippen LogP contribution in [-0.2, 0) is 37.3 Å². The second-order valence-electron chi connectivity index (χ2n) is 12.9. The summed E-state index contributed by atoms with van der Waals surface area (Å²) in [5.74, 6) is -0.163. The van der Waals surface area contributed by atoms with Crippen LogP contribution in [0.2, 0.25) is 0 Å². The van der Waals surface area contributed by atoms with Crippen molar-refractivity contribution in [2.45, 2.75) is 90.8 Å². The summed E-state index contributed by atoms with van der Waals surface area (Å²) in [6.45, 7) is 10.7. The number of benzene rings is 2. The average Bonchev–Trinajstić information content (AvgIpc) is 3.50. The van der Waals surface area contributed by atoms with Gasteiger partial charge < -0.3 is 36.0 Å². The molecule has 0 aliphatic carbocycles. The van der Waals surface area contributed by atoms with Gasteiger partial charge in [-0.1, -0.05) is 25.1 Å². The number of hydrogen-bond acceptors (Lipinski definition) is 9. The number of fused-ring (bicyclic) bond motifs is 1. The molecule has 1 aliphatic heterocycles. The maximum Gasteiger partial charge on any atom is 0.251 e. The minimum absolute atomic E-state index is 0.000243. The monoisotopic (exact) mass is 644 g/mol. The molecule has 0 radical (unpaired) electrons. The number of amides is 1. The van der Waals surface area contributed by atoms with E-state index in [4.69, 9.17) is 9.72 Å². The first-order valence-electron chi connectivity index (χ1n) is 16.6. The van der Waals surface area contributed by atoms with E-state index in [0.29, 0.717) is 29.7 Å². The highest BCUT2D eigenvalue weighted by molar-refractivity contribution is 5.95. The van der Waals surface area contributed by atoms with Crippen molar-refractivity contribution in [1.29, 1.82) is 0 Å². The second kappa shape index (κ2) is 15.2. The summed E-state index contributed by atoms with van der Waals surface area (Å²) in [6, 6.07) is 12.6. The molecule has 0 spiro atoms. The number of aliphatic hydroxyl groups excluding tert-OH is 2. The Morgan fingerprint density at radius 2 is 1.94 bits per heavy atom. The van der Waals surface area contributed by atoms with Crippen molar-refractivity contribution in [2.75, 3.05) is 25.1 Å². The van der Waals surface area contributed by atoms with Crippen LogP contribution in [0.4, 0.5) is 5.69 Å². The number of phenols is 1. The van der Waals surface area contributed by atoms with Gasteiger partial charge >= 0.3 is 0 Å². The van der Waals surface area contributed by atoms with Crippen LogP contribution in [0.25, 0.3) is 11.0 Å². The van der Waals surface area contributed by atoms with Crippen LogP contribution >= 0.6 is 0 Å². The molecule has 1 aliphatic rings. The lowest BCUT2D eigenvalue weighted by Crippen LogP contribution is -2.43. The van der Waals surface area contributed by atoms with E-state index in [9.17, 15) is 20.1 Å². The topological polar surface area (TPSA) is 154 Å². The Kier molecular flexibility index (Phi) is 11.1.